The Morgan fingerprint density at radius 1 is 1.16 bits per heavy atom. The van der Waals surface area contributed by atoms with Gasteiger partial charge in [-0.15, -0.1) is 0 Å². The van der Waals surface area contributed by atoms with Crippen molar-refractivity contribution in [2.75, 3.05) is 11.9 Å². The van der Waals surface area contributed by atoms with Crippen LogP contribution in [-0.2, 0) is 13.5 Å². The van der Waals surface area contributed by atoms with E-state index in [9.17, 15) is 0 Å². The number of aromatic nitrogens is 2. The number of nitrogens with zero attached hydrogens (tertiary/aromatic N) is 2. The smallest absolute Gasteiger partial charge is 0.140 e. The van der Waals surface area contributed by atoms with Gasteiger partial charge in [0.05, 0.1) is 11.0 Å². The molecule has 0 atom stereocenters. The summed E-state index contributed by atoms with van der Waals surface area (Å²) in [6.07, 6.45) is 1.10. The van der Waals surface area contributed by atoms with E-state index in [1.54, 1.807) is 0 Å². The Bertz CT molecular complexity index is 757. The van der Waals surface area contributed by atoms with E-state index in [4.69, 9.17) is 4.98 Å². The maximum absolute atomic E-state index is 4.80. The van der Waals surface area contributed by atoms with Crippen LogP contribution in [0.15, 0.2) is 42.5 Å². The largest absolute Gasteiger partial charge is 0.384 e. The van der Waals surface area contributed by atoms with Crippen LogP contribution in [0.3, 0.4) is 0 Å². The lowest BCUT2D eigenvalue weighted by atomic mass is 10.1. The van der Waals surface area contributed by atoms with Crippen molar-refractivity contribution in [3.05, 3.63) is 48.0 Å². The van der Waals surface area contributed by atoms with Crippen LogP contribution < -0.4 is 5.32 Å². The second kappa shape index (κ2) is 3.85. The van der Waals surface area contributed by atoms with Gasteiger partial charge in [-0.3, -0.25) is 0 Å². The van der Waals surface area contributed by atoms with Crippen LogP contribution in [-0.4, -0.2) is 16.1 Å². The van der Waals surface area contributed by atoms with Gasteiger partial charge in [0.25, 0.3) is 0 Å². The van der Waals surface area contributed by atoms with Crippen LogP contribution >= 0.6 is 0 Å². The standard InChI is InChI=1S/C16H15N3/c1-19-15-10-13-12(7-8-17-13)9-14(15)18-16(19)11-5-3-2-4-6-11/h2-6,9-10,17H,7-8H2,1H3. The molecule has 0 spiro atoms. The van der Waals surface area contributed by atoms with Crippen molar-refractivity contribution in [2.24, 2.45) is 7.05 Å². The van der Waals surface area contributed by atoms with Gasteiger partial charge in [0, 0.05) is 24.8 Å². The molecule has 4 rings (SSSR count). The summed E-state index contributed by atoms with van der Waals surface area (Å²) in [6, 6.07) is 14.8. The van der Waals surface area contributed by atoms with Gasteiger partial charge in [0.1, 0.15) is 5.82 Å². The molecule has 0 aliphatic carbocycles. The molecule has 0 saturated carbocycles. The van der Waals surface area contributed by atoms with E-state index >= 15 is 0 Å². The topological polar surface area (TPSA) is 29.9 Å². The van der Waals surface area contributed by atoms with Crippen molar-refractivity contribution in [1.29, 1.82) is 0 Å². The molecule has 3 heteroatoms. The predicted octanol–water partition coefficient (Wildman–Crippen LogP) is 3.21. The second-order valence-electron chi connectivity index (χ2n) is 5.04. The van der Waals surface area contributed by atoms with Gasteiger partial charge in [-0.2, -0.15) is 0 Å². The van der Waals surface area contributed by atoms with Crippen LogP contribution in [0.25, 0.3) is 22.4 Å². The van der Waals surface area contributed by atoms with Crippen LogP contribution in [0.4, 0.5) is 5.69 Å². The SMILES string of the molecule is Cn1c(-c2ccccc2)nc2cc3c(cc21)NCC3. The molecule has 94 valence electrons. The van der Waals surface area contributed by atoms with Gasteiger partial charge in [0.15, 0.2) is 0 Å². The van der Waals surface area contributed by atoms with Gasteiger partial charge in [-0.1, -0.05) is 30.3 Å². The van der Waals surface area contributed by atoms with Crippen LogP contribution in [0, 0.1) is 0 Å². The maximum atomic E-state index is 4.80. The highest BCUT2D eigenvalue weighted by Gasteiger charge is 2.15. The first-order valence-corrected chi connectivity index (χ1v) is 6.61. The Morgan fingerprint density at radius 2 is 2.00 bits per heavy atom. The lowest BCUT2D eigenvalue weighted by Crippen LogP contribution is -1.93. The minimum Gasteiger partial charge on any atom is -0.384 e. The summed E-state index contributed by atoms with van der Waals surface area (Å²) in [5.41, 5.74) is 6.07. The Labute approximate surface area is 111 Å². The first kappa shape index (κ1) is 10.6. The molecule has 2 aromatic carbocycles. The summed E-state index contributed by atoms with van der Waals surface area (Å²) in [5, 5.41) is 3.43. The lowest BCUT2D eigenvalue weighted by molar-refractivity contribution is 0.959. The van der Waals surface area contributed by atoms with Crippen molar-refractivity contribution >= 4 is 16.7 Å². The van der Waals surface area contributed by atoms with Gasteiger partial charge >= 0.3 is 0 Å². The Balaban J connectivity index is 1.97. The molecule has 0 bridgehead atoms. The molecule has 1 N–H and O–H groups in total. The van der Waals surface area contributed by atoms with Gasteiger partial charge in [0.2, 0.25) is 0 Å². The van der Waals surface area contributed by atoms with Crippen molar-refractivity contribution in [1.82, 2.24) is 9.55 Å². The summed E-state index contributed by atoms with van der Waals surface area (Å²) in [5.74, 6) is 1.03. The number of nitrogens with one attached hydrogen (secondary N) is 1. The summed E-state index contributed by atoms with van der Waals surface area (Å²) >= 11 is 0. The molecule has 0 saturated heterocycles. The van der Waals surface area contributed by atoms with Crippen molar-refractivity contribution in [3.8, 4) is 11.4 Å². The maximum Gasteiger partial charge on any atom is 0.140 e. The minimum absolute atomic E-state index is 1.03. The molecular weight excluding hydrogens is 234 g/mol. The van der Waals surface area contributed by atoms with E-state index in [1.807, 2.05) is 6.07 Å². The number of hydrogen-bond acceptors (Lipinski definition) is 2. The molecule has 2 heterocycles. The van der Waals surface area contributed by atoms with E-state index in [0.717, 1.165) is 29.9 Å². The zero-order valence-electron chi connectivity index (χ0n) is 10.9. The zero-order valence-corrected chi connectivity index (χ0v) is 10.9. The number of aryl methyl sites for hydroxylation is 1. The van der Waals surface area contributed by atoms with Crippen molar-refractivity contribution < 1.29 is 0 Å². The Morgan fingerprint density at radius 3 is 2.84 bits per heavy atom. The average Bonchev–Trinajstić information content (AvgIpc) is 3.02. The summed E-state index contributed by atoms with van der Waals surface area (Å²) in [7, 11) is 2.08. The first-order chi connectivity index (χ1) is 9.33. The number of imidazole rings is 1. The van der Waals surface area contributed by atoms with Gasteiger partial charge in [-0.25, -0.2) is 4.98 Å². The number of fused-ring (bicyclic) bond motifs is 2. The fourth-order valence-corrected chi connectivity index (χ4v) is 2.83. The quantitative estimate of drug-likeness (QED) is 0.717. The number of rotatable bonds is 1. The normalized spacial score (nSPS) is 13.5. The molecule has 3 nitrogen and oxygen atoms in total. The predicted molar refractivity (Wildman–Crippen MR) is 78.3 cm³/mol. The molecule has 0 fully saturated rings. The van der Waals surface area contributed by atoms with Crippen molar-refractivity contribution in [3.63, 3.8) is 0 Å². The summed E-state index contributed by atoms with van der Waals surface area (Å²) in [4.78, 5) is 4.80. The van der Waals surface area contributed by atoms with Crippen LogP contribution in [0.1, 0.15) is 5.56 Å². The Kier molecular flexibility index (Phi) is 2.15. The average molecular weight is 249 g/mol. The minimum atomic E-state index is 1.03. The third-order valence-electron chi connectivity index (χ3n) is 3.85. The molecule has 0 unspecified atom stereocenters. The number of benzene rings is 2. The zero-order chi connectivity index (χ0) is 12.8. The fraction of sp³-hybridized carbons (Fsp3) is 0.188. The molecule has 0 amide bonds. The number of anilines is 1. The Hall–Kier alpha value is -2.29. The summed E-state index contributed by atoms with van der Waals surface area (Å²) < 4.78 is 2.17. The molecule has 1 aromatic heterocycles. The molecule has 1 aliphatic rings. The van der Waals surface area contributed by atoms with Crippen molar-refractivity contribution in [2.45, 2.75) is 6.42 Å². The highest BCUT2D eigenvalue weighted by atomic mass is 15.1. The molecule has 0 radical (unpaired) electrons. The van der Waals surface area contributed by atoms with Gasteiger partial charge < -0.3 is 9.88 Å². The lowest BCUT2D eigenvalue weighted by Gasteiger charge is -2.03. The molecule has 3 aromatic rings. The van der Waals surface area contributed by atoms with Crippen LogP contribution in [0.2, 0.25) is 0 Å². The number of hydrogen-bond donors (Lipinski definition) is 1. The van der Waals surface area contributed by atoms with E-state index in [0.29, 0.717) is 0 Å². The highest BCUT2D eigenvalue weighted by molar-refractivity contribution is 5.86. The van der Waals surface area contributed by atoms with E-state index in [2.05, 4.69) is 53.3 Å². The first-order valence-electron chi connectivity index (χ1n) is 6.61. The molecular formula is C16H15N3. The monoisotopic (exact) mass is 249 g/mol. The highest BCUT2D eigenvalue weighted by Crippen LogP contribution is 2.30. The van der Waals surface area contributed by atoms with E-state index < -0.39 is 0 Å². The van der Waals surface area contributed by atoms with E-state index in [1.165, 1.54) is 16.8 Å². The van der Waals surface area contributed by atoms with E-state index in [-0.39, 0.29) is 0 Å². The van der Waals surface area contributed by atoms with Gasteiger partial charge in [-0.05, 0) is 24.1 Å². The third kappa shape index (κ3) is 1.55. The third-order valence-corrected chi connectivity index (χ3v) is 3.85. The second-order valence-corrected chi connectivity index (χ2v) is 5.04. The van der Waals surface area contributed by atoms with Crippen LogP contribution in [0.5, 0.6) is 0 Å². The molecule has 1 aliphatic heterocycles. The summed E-state index contributed by atoms with van der Waals surface area (Å²) in [6.45, 7) is 1.04. The fourth-order valence-electron chi connectivity index (χ4n) is 2.83. The molecule has 19 heavy (non-hydrogen) atoms.